The maximum absolute atomic E-state index is 13.7. The van der Waals surface area contributed by atoms with Gasteiger partial charge in [-0.05, 0) is 62.1 Å². The number of aromatic nitrogens is 2. The molecule has 3 rings (SSSR count). The molecule has 0 fully saturated rings. The van der Waals surface area contributed by atoms with Crippen LogP contribution < -0.4 is 10.5 Å². The third kappa shape index (κ3) is 6.57. The van der Waals surface area contributed by atoms with Gasteiger partial charge in [-0.25, -0.2) is 4.39 Å². The van der Waals surface area contributed by atoms with Crippen LogP contribution in [-0.2, 0) is 18.1 Å². The molecule has 1 heterocycles. The second-order valence-corrected chi connectivity index (χ2v) is 8.56. The number of nitrogens with one attached hydrogen (secondary N) is 1. The molecule has 0 saturated heterocycles. The van der Waals surface area contributed by atoms with Crippen molar-refractivity contribution in [2.45, 2.75) is 50.7 Å². The van der Waals surface area contributed by atoms with Gasteiger partial charge in [0.2, 0.25) is 0 Å². The number of alkyl halides is 3. The minimum atomic E-state index is -4.60. The summed E-state index contributed by atoms with van der Waals surface area (Å²) in [5, 5.41) is 16.1. The molecule has 0 radical (unpaired) electrons. The van der Waals surface area contributed by atoms with E-state index in [9.17, 15) is 22.7 Å². The van der Waals surface area contributed by atoms with Crippen LogP contribution in [0.4, 0.5) is 17.6 Å². The fourth-order valence-electron chi connectivity index (χ4n) is 3.54. The van der Waals surface area contributed by atoms with Crippen molar-refractivity contribution in [2.24, 2.45) is 5.73 Å². The number of aliphatic hydroxyl groups is 1. The number of hydrogen-bond donors (Lipinski definition) is 3. The summed E-state index contributed by atoms with van der Waals surface area (Å²) in [6.07, 6.45) is -0.977. The van der Waals surface area contributed by atoms with Crippen LogP contribution in [0.3, 0.4) is 0 Å². The number of halogens is 4. The lowest BCUT2D eigenvalue weighted by Gasteiger charge is -2.18. The highest BCUT2D eigenvalue weighted by atomic mass is 19.4. The Kier molecular flexibility index (Phi) is 8.33. The Morgan fingerprint density at radius 1 is 1.03 bits per heavy atom. The van der Waals surface area contributed by atoms with E-state index in [-0.39, 0.29) is 36.0 Å². The quantitative estimate of drug-likeness (QED) is 0.248. The van der Waals surface area contributed by atoms with Gasteiger partial charge in [-0.1, -0.05) is 31.0 Å². The molecule has 2 aromatic carbocycles. The number of ether oxygens (including phenoxy) is 1. The van der Waals surface area contributed by atoms with Crippen LogP contribution in [0.2, 0.25) is 0 Å². The van der Waals surface area contributed by atoms with Gasteiger partial charge >= 0.3 is 6.18 Å². The van der Waals surface area contributed by atoms with Gasteiger partial charge in [0.25, 0.3) is 0 Å². The molecule has 0 unspecified atom stereocenters. The van der Waals surface area contributed by atoms with E-state index in [0.717, 1.165) is 25.3 Å². The first-order valence-electron chi connectivity index (χ1n) is 11.2. The minimum absolute atomic E-state index is 0.150. The molecule has 0 spiro atoms. The van der Waals surface area contributed by atoms with Crippen molar-refractivity contribution < 1.29 is 27.4 Å². The van der Waals surface area contributed by atoms with Gasteiger partial charge in [0, 0.05) is 5.56 Å². The maximum Gasteiger partial charge on any atom is 0.419 e. The van der Waals surface area contributed by atoms with Crippen molar-refractivity contribution >= 4 is 0 Å². The number of aromatic amines is 1. The number of unbranched alkanes of at least 4 members (excludes halogenated alkanes) is 3. The number of rotatable bonds is 11. The minimum Gasteiger partial charge on any atom is -0.493 e. The molecule has 4 N–H and O–H groups in total. The molecule has 0 aliphatic heterocycles. The first-order chi connectivity index (χ1) is 16.1. The molecule has 184 valence electrons. The standard InChI is InChI=1S/C25H29F4N3O2/c1-24(30,16-33)23-15-21(31-32-23)18-11-12-22(19(14-18)25(27,28)29)34-13-7-3-2-4-8-17-9-5-6-10-20(17)26/h5-6,9-12,14-15,33H,2-4,7-8,13,16,30H2,1H3,(H,31,32)/t24-/m1/s1. The van der Waals surface area contributed by atoms with Crippen LogP contribution >= 0.6 is 0 Å². The van der Waals surface area contributed by atoms with E-state index in [2.05, 4.69) is 10.2 Å². The average Bonchev–Trinajstić information content (AvgIpc) is 3.30. The summed E-state index contributed by atoms with van der Waals surface area (Å²) >= 11 is 0. The van der Waals surface area contributed by atoms with Gasteiger partial charge in [0.15, 0.2) is 0 Å². The number of benzene rings is 2. The van der Waals surface area contributed by atoms with E-state index in [0.29, 0.717) is 24.1 Å². The highest BCUT2D eigenvalue weighted by Gasteiger charge is 2.35. The van der Waals surface area contributed by atoms with E-state index in [4.69, 9.17) is 10.5 Å². The Labute approximate surface area is 196 Å². The molecule has 0 aliphatic carbocycles. The topological polar surface area (TPSA) is 84.2 Å². The molecule has 1 atom stereocenters. The van der Waals surface area contributed by atoms with Gasteiger partial charge in [0.05, 0.1) is 35.7 Å². The van der Waals surface area contributed by atoms with E-state index in [1.165, 1.54) is 24.3 Å². The summed E-state index contributed by atoms with van der Waals surface area (Å²) in [6, 6.07) is 11.9. The van der Waals surface area contributed by atoms with Crippen LogP contribution in [0.1, 0.15) is 49.4 Å². The fraction of sp³-hybridized carbons (Fsp3) is 0.400. The van der Waals surface area contributed by atoms with Gasteiger partial charge in [-0.3, -0.25) is 5.10 Å². The second-order valence-electron chi connectivity index (χ2n) is 8.56. The zero-order valence-corrected chi connectivity index (χ0v) is 19.0. The Balaban J connectivity index is 1.57. The lowest BCUT2D eigenvalue weighted by atomic mass is 9.99. The molecule has 0 saturated carbocycles. The van der Waals surface area contributed by atoms with Crippen LogP contribution in [0.15, 0.2) is 48.5 Å². The number of nitrogens with two attached hydrogens (primary N) is 1. The summed E-state index contributed by atoms with van der Waals surface area (Å²) in [6.45, 7) is 1.39. The zero-order valence-electron chi connectivity index (χ0n) is 19.0. The molecular formula is C25H29F4N3O2. The largest absolute Gasteiger partial charge is 0.493 e. The summed E-state index contributed by atoms with van der Waals surface area (Å²) in [4.78, 5) is 0. The van der Waals surface area contributed by atoms with E-state index < -0.39 is 17.3 Å². The summed E-state index contributed by atoms with van der Waals surface area (Å²) in [5.41, 5.74) is 5.60. The number of nitrogens with zero attached hydrogens (tertiary/aromatic N) is 1. The lowest BCUT2D eigenvalue weighted by molar-refractivity contribution is -0.138. The third-order valence-electron chi connectivity index (χ3n) is 5.66. The maximum atomic E-state index is 13.7. The van der Waals surface area contributed by atoms with E-state index in [1.54, 1.807) is 25.1 Å². The second kappa shape index (κ2) is 11.0. The predicted molar refractivity (Wildman–Crippen MR) is 122 cm³/mol. The molecule has 34 heavy (non-hydrogen) atoms. The Morgan fingerprint density at radius 3 is 2.47 bits per heavy atom. The smallest absolute Gasteiger partial charge is 0.419 e. The third-order valence-corrected chi connectivity index (χ3v) is 5.66. The molecule has 0 bridgehead atoms. The normalized spacial score (nSPS) is 13.6. The number of H-pyrrole nitrogens is 1. The van der Waals surface area contributed by atoms with E-state index in [1.807, 2.05) is 0 Å². The molecule has 1 aromatic heterocycles. The number of aliphatic hydroxyl groups excluding tert-OH is 1. The van der Waals surface area contributed by atoms with Crippen molar-refractivity contribution in [2.75, 3.05) is 13.2 Å². The highest BCUT2D eigenvalue weighted by molar-refractivity contribution is 5.63. The molecular weight excluding hydrogens is 450 g/mol. The summed E-state index contributed by atoms with van der Waals surface area (Å²) in [7, 11) is 0. The van der Waals surface area contributed by atoms with Gasteiger partial charge in [-0.15, -0.1) is 0 Å². The Morgan fingerprint density at radius 2 is 1.76 bits per heavy atom. The zero-order chi connectivity index (χ0) is 24.8. The predicted octanol–water partition coefficient (Wildman–Crippen LogP) is 5.58. The van der Waals surface area contributed by atoms with Crippen LogP contribution in [0.5, 0.6) is 5.75 Å². The molecule has 0 amide bonds. The van der Waals surface area contributed by atoms with Crippen LogP contribution in [-0.4, -0.2) is 28.5 Å². The van der Waals surface area contributed by atoms with Gasteiger partial charge in [-0.2, -0.15) is 18.3 Å². The number of aryl methyl sites for hydroxylation is 1. The Bertz CT molecular complexity index is 1080. The molecule has 3 aromatic rings. The summed E-state index contributed by atoms with van der Waals surface area (Å²) < 4.78 is 60.1. The first kappa shape index (κ1) is 25.7. The average molecular weight is 480 g/mol. The number of hydrogen-bond acceptors (Lipinski definition) is 4. The van der Waals surface area contributed by atoms with Crippen molar-refractivity contribution in [3.05, 3.63) is 71.2 Å². The van der Waals surface area contributed by atoms with Gasteiger partial charge < -0.3 is 15.6 Å². The molecule has 5 nitrogen and oxygen atoms in total. The Hall–Kier alpha value is -2.91. The van der Waals surface area contributed by atoms with Crippen molar-refractivity contribution in [1.29, 1.82) is 0 Å². The molecule has 9 heteroatoms. The lowest BCUT2D eigenvalue weighted by Crippen LogP contribution is -2.37. The summed E-state index contributed by atoms with van der Waals surface area (Å²) in [5.74, 6) is -0.456. The van der Waals surface area contributed by atoms with Crippen LogP contribution in [0.25, 0.3) is 11.3 Å². The van der Waals surface area contributed by atoms with Gasteiger partial charge in [0.1, 0.15) is 11.6 Å². The molecule has 0 aliphatic rings. The highest BCUT2D eigenvalue weighted by Crippen LogP contribution is 2.39. The first-order valence-corrected chi connectivity index (χ1v) is 11.2. The van der Waals surface area contributed by atoms with Crippen molar-refractivity contribution in [3.63, 3.8) is 0 Å². The van der Waals surface area contributed by atoms with Crippen LogP contribution in [0, 0.1) is 5.82 Å². The van der Waals surface area contributed by atoms with Crippen molar-refractivity contribution in [1.82, 2.24) is 10.2 Å². The monoisotopic (exact) mass is 479 g/mol. The van der Waals surface area contributed by atoms with Crippen molar-refractivity contribution in [3.8, 4) is 17.0 Å². The fourth-order valence-corrected chi connectivity index (χ4v) is 3.54. The van der Waals surface area contributed by atoms with E-state index >= 15 is 0 Å². The SMILES string of the molecule is C[C@@](N)(CO)c1cc(-c2ccc(OCCCCCCc3ccccc3F)c(C(F)(F)F)c2)n[nH]1.